The molecule has 1 aliphatic heterocycles. The van der Waals surface area contributed by atoms with Crippen molar-refractivity contribution in [3.8, 4) is 0 Å². The van der Waals surface area contributed by atoms with E-state index in [0.29, 0.717) is 17.5 Å². The molecule has 21 heavy (non-hydrogen) atoms. The van der Waals surface area contributed by atoms with E-state index in [4.69, 9.17) is 5.73 Å². The molecule has 1 saturated heterocycles. The third kappa shape index (κ3) is 3.70. The number of nitrogens with two attached hydrogens (primary N) is 1. The lowest BCUT2D eigenvalue weighted by Gasteiger charge is -2.37. The number of anilines is 1. The van der Waals surface area contributed by atoms with E-state index in [2.05, 4.69) is 18.7 Å². The Bertz CT molecular complexity index is 485. The van der Waals surface area contributed by atoms with Crippen molar-refractivity contribution in [1.82, 2.24) is 0 Å². The topological polar surface area (TPSA) is 29.3 Å². The van der Waals surface area contributed by atoms with Crippen molar-refractivity contribution < 1.29 is 13.2 Å². The van der Waals surface area contributed by atoms with Crippen molar-refractivity contribution in [1.29, 1.82) is 0 Å². The molecule has 1 aromatic carbocycles. The summed E-state index contributed by atoms with van der Waals surface area (Å²) in [6.45, 7) is 6.21. The second-order valence-electron chi connectivity index (χ2n) is 6.07. The maximum absolute atomic E-state index is 13.2. The molecule has 5 heteroatoms. The van der Waals surface area contributed by atoms with Crippen LogP contribution < -0.4 is 10.6 Å². The van der Waals surface area contributed by atoms with Crippen LogP contribution in [0.2, 0.25) is 0 Å². The monoisotopic (exact) mass is 300 g/mol. The van der Waals surface area contributed by atoms with Gasteiger partial charge in [0.1, 0.15) is 0 Å². The number of alkyl halides is 3. The first-order valence-corrected chi connectivity index (χ1v) is 7.48. The Labute approximate surface area is 124 Å². The molecule has 0 aliphatic carbocycles. The molecule has 1 fully saturated rings. The average Bonchev–Trinajstić information content (AvgIpc) is 2.41. The van der Waals surface area contributed by atoms with Gasteiger partial charge in [-0.2, -0.15) is 13.2 Å². The van der Waals surface area contributed by atoms with Gasteiger partial charge in [0.2, 0.25) is 0 Å². The minimum atomic E-state index is -4.32. The molecule has 2 N–H and O–H groups in total. The largest absolute Gasteiger partial charge is 0.416 e. The van der Waals surface area contributed by atoms with Crippen molar-refractivity contribution in [2.45, 2.75) is 32.9 Å². The number of halogens is 3. The van der Waals surface area contributed by atoms with Gasteiger partial charge in [0, 0.05) is 18.8 Å². The van der Waals surface area contributed by atoms with Crippen LogP contribution >= 0.6 is 0 Å². The summed E-state index contributed by atoms with van der Waals surface area (Å²) in [5.41, 5.74) is 5.82. The first-order chi connectivity index (χ1) is 9.82. The highest BCUT2D eigenvalue weighted by molar-refractivity contribution is 5.52. The van der Waals surface area contributed by atoms with E-state index >= 15 is 0 Å². The first kappa shape index (κ1) is 16.1. The van der Waals surface area contributed by atoms with Gasteiger partial charge in [-0.05, 0) is 48.9 Å². The summed E-state index contributed by atoms with van der Waals surface area (Å²) in [7, 11) is 0. The van der Waals surface area contributed by atoms with E-state index in [-0.39, 0.29) is 18.5 Å². The van der Waals surface area contributed by atoms with Gasteiger partial charge in [0.05, 0.1) is 5.56 Å². The summed E-state index contributed by atoms with van der Waals surface area (Å²) in [5.74, 6) is 1.12. The van der Waals surface area contributed by atoms with Gasteiger partial charge < -0.3 is 10.6 Å². The van der Waals surface area contributed by atoms with E-state index in [9.17, 15) is 13.2 Å². The summed E-state index contributed by atoms with van der Waals surface area (Å²) in [6, 6.07) is 4.66. The molecule has 0 spiro atoms. The third-order valence-corrected chi connectivity index (χ3v) is 4.51. The summed E-state index contributed by atoms with van der Waals surface area (Å²) in [6.07, 6.45) is -3.05. The maximum Gasteiger partial charge on any atom is 0.416 e. The number of hydrogen-bond donors (Lipinski definition) is 1. The second-order valence-corrected chi connectivity index (χ2v) is 6.07. The minimum Gasteiger partial charge on any atom is -0.371 e. The zero-order chi connectivity index (χ0) is 15.6. The van der Waals surface area contributed by atoms with Crippen LogP contribution in [-0.4, -0.2) is 19.6 Å². The lowest BCUT2D eigenvalue weighted by molar-refractivity contribution is -0.138. The van der Waals surface area contributed by atoms with Crippen LogP contribution in [0.25, 0.3) is 0 Å². The fourth-order valence-corrected chi connectivity index (χ4v) is 2.90. The summed E-state index contributed by atoms with van der Waals surface area (Å²) < 4.78 is 39.6. The molecular weight excluding hydrogens is 277 g/mol. The Kier molecular flexibility index (Phi) is 4.81. The molecular formula is C16H23F3N2. The SMILES string of the molecule is CC1CCN(c2ccc(CCN)c(C(F)(F)F)c2)CC1C. The third-order valence-electron chi connectivity index (χ3n) is 4.51. The Morgan fingerprint density at radius 1 is 1.24 bits per heavy atom. The Morgan fingerprint density at radius 2 is 1.95 bits per heavy atom. The van der Waals surface area contributed by atoms with Gasteiger partial charge in [-0.25, -0.2) is 0 Å². The fraction of sp³-hybridized carbons (Fsp3) is 0.625. The zero-order valence-corrected chi connectivity index (χ0v) is 12.6. The number of piperidine rings is 1. The van der Waals surface area contributed by atoms with Crippen molar-refractivity contribution >= 4 is 5.69 Å². The van der Waals surface area contributed by atoms with E-state index in [0.717, 1.165) is 19.5 Å². The van der Waals surface area contributed by atoms with E-state index in [1.807, 2.05) is 0 Å². The van der Waals surface area contributed by atoms with Crippen LogP contribution in [0.15, 0.2) is 18.2 Å². The van der Waals surface area contributed by atoms with Crippen molar-refractivity contribution in [2.75, 3.05) is 24.5 Å². The molecule has 0 saturated carbocycles. The molecule has 2 unspecified atom stereocenters. The van der Waals surface area contributed by atoms with E-state index in [1.165, 1.54) is 6.07 Å². The highest BCUT2D eigenvalue weighted by atomic mass is 19.4. The van der Waals surface area contributed by atoms with Gasteiger partial charge in [0.15, 0.2) is 0 Å². The van der Waals surface area contributed by atoms with Crippen molar-refractivity contribution in [3.63, 3.8) is 0 Å². The summed E-state index contributed by atoms with van der Waals surface area (Å²) in [5, 5.41) is 0. The van der Waals surface area contributed by atoms with Crippen LogP contribution in [0.5, 0.6) is 0 Å². The van der Waals surface area contributed by atoms with Gasteiger partial charge in [-0.3, -0.25) is 0 Å². The number of rotatable bonds is 3. The van der Waals surface area contributed by atoms with Gasteiger partial charge in [0.25, 0.3) is 0 Å². The maximum atomic E-state index is 13.2. The lowest BCUT2D eigenvalue weighted by Crippen LogP contribution is -2.38. The highest BCUT2D eigenvalue weighted by Crippen LogP contribution is 2.36. The van der Waals surface area contributed by atoms with Crippen LogP contribution in [-0.2, 0) is 12.6 Å². The van der Waals surface area contributed by atoms with Crippen LogP contribution in [0.4, 0.5) is 18.9 Å². The molecule has 118 valence electrons. The van der Waals surface area contributed by atoms with Crippen molar-refractivity contribution in [3.05, 3.63) is 29.3 Å². The molecule has 2 atom stereocenters. The van der Waals surface area contributed by atoms with E-state index in [1.54, 1.807) is 12.1 Å². The molecule has 2 rings (SSSR count). The summed E-state index contributed by atoms with van der Waals surface area (Å²) >= 11 is 0. The molecule has 0 aromatic heterocycles. The molecule has 0 bridgehead atoms. The molecule has 1 aliphatic rings. The Hall–Kier alpha value is -1.23. The predicted octanol–water partition coefficient (Wildman–Crippen LogP) is 3.69. The summed E-state index contributed by atoms with van der Waals surface area (Å²) in [4.78, 5) is 2.06. The van der Waals surface area contributed by atoms with E-state index < -0.39 is 11.7 Å². The molecule has 0 amide bonds. The Balaban J connectivity index is 2.29. The van der Waals surface area contributed by atoms with Gasteiger partial charge in [-0.1, -0.05) is 19.9 Å². The predicted molar refractivity (Wildman–Crippen MR) is 79.4 cm³/mol. The minimum absolute atomic E-state index is 0.223. The van der Waals surface area contributed by atoms with Crippen LogP contribution in [0.3, 0.4) is 0 Å². The Morgan fingerprint density at radius 3 is 2.52 bits per heavy atom. The van der Waals surface area contributed by atoms with Gasteiger partial charge in [-0.15, -0.1) is 0 Å². The standard InChI is InChI=1S/C16H23F3N2/c1-11-6-8-21(10-12(11)2)14-4-3-13(5-7-20)15(9-14)16(17,18)19/h3-4,9,11-12H,5-8,10,20H2,1-2H3. The second kappa shape index (κ2) is 6.26. The number of nitrogens with zero attached hydrogens (tertiary/aromatic N) is 1. The van der Waals surface area contributed by atoms with Gasteiger partial charge >= 0.3 is 6.18 Å². The molecule has 1 heterocycles. The zero-order valence-electron chi connectivity index (χ0n) is 12.6. The van der Waals surface area contributed by atoms with Crippen LogP contribution in [0.1, 0.15) is 31.4 Å². The normalized spacial score (nSPS) is 23.4. The average molecular weight is 300 g/mol. The van der Waals surface area contributed by atoms with Crippen LogP contribution in [0, 0.1) is 11.8 Å². The first-order valence-electron chi connectivity index (χ1n) is 7.48. The highest BCUT2D eigenvalue weighted by Gasteiger charge is 2.34. The molecule has 0 radical (unpaired) electrons. The number of hydrogen-bond acceptors (Lipinski definition) is 2. The number of benzene rings is 1. The lowest BCUT2D eigenvalue weighted by atomic mass is 9.88. The van der Waals surface area contributed by atoms with Crippen molar-refractivity contribution in [2.24, 2.45) is 17.6 Å². The quantitative estimate of drug-likeness (QED) is 0.922. The molecule has 1 aromatic rings. The molecule has 2 nitrogen and oxygen atoms in total. The smallest absolute Gasteiger partial charge is 0.371 e. The fourth-order valence-electron chi connectivity index (χ4n) is 2.90.